The Morgan fingerprint density at radius 2 is 1.26 bits per heavy atom. The highest BCUT2D eigenvalue weighted by atomic mass is 16.3. The molecule has 216 valence electrons. The van der Waals surface area contributed by atoms with Gasteiger partial charge in [-0.25, -0.2) is 4.98 Å². The predicted molar refractivity (Wildman–Crippen MR) is 183 cm³/mol. The van der Waals surface area contributed by atoms with Crippen LogP contribution in [0.1, 0.15) is 0 Å². The van der Waals surface area contributed by atoms with Crippen LogP contribution in [0.5, 0.6) is 0 Å². The number of rotatable bonds is 5. The Balaban J connectivity index is 1.22. The molecule has 0 aliphatic rings. The van der Waals surface area contributed by atoms with Crippen molar-refractivity contribution < 1.29 is 4.42 Å². The van der Waals surface area contributed by atoms with Crippen LogP contribution in [0.15, 0.2) is 157 Å². The smallest absolute Gasteiger partial charge is 0.227 e. The third-order valence-corrected chi connectivity index (χ3v) is 8.50. The van der Waals surface area contributed by atoms with E-state index in [1.165, 1.54) is 5.39 Å². The fraction of sp³-hybridized carbons (Fsp3) is 0. The maximum atomic E-state index is 6.18. The molecule has 0 radical (unpaired) electrons. The SMILES string of the molecule is c1cc(-c2ccc(-c3ccncc3)cn2)cc(-n2c3ccc(-c4ccncc4)cc3c3ccc(-c4nc5ccccc5o4)cc32)c1. The Hall–Kier alpha value is -6.40. The van der Waals surface area contributed by atoms with E-state index in [0.717, 1.165) is 72.3 Å². The van der Waals surface area contributed by atoms with Crippen LogP contribution >= 0.6 is 0 Å². The van der Waals surface area contributed by atoms with E-state index in [-0.39, 0.29) is 0 Å². The molecule has 0 unspecified atom stereocenters. The fourth-order valence-electron chi connectivity index (χ4n) is 6.24. The zero-order valence-corrected chi connectivity index (χ0v) is 24.6. The summed E-state index contributed by atoms with van der Waals surface area (Å²) in [6.45, 7) is 0. The van der Waals surface area contributed by atoms with Crippen molar-refractivity contribution in [3.05, 3.63) is 152 Å². The van der Waals surface area contributed by atoms with Gasteiger partial charge in [-0.15, -0.1) is 0 Å². The fourth-order valence-corrected chi connectivity index (χ4v) is 6.24. The van der Waals surface area contributed by atoms with Crippen LogP contribution in [0, 0.1) is 0 Å². The molecule has 0 amide bonds. The van der Waals surface area contributed by atoms with Gasteiger partial charge in [0.25, 0.3) is 0 Å². The van der Waals surface area contributed by atoms with E-state index in [2.05, 4.69) is 87.3 Å². The Morgan fingerprint density at radius 1 is 0.500 bits per heavy atom. The van der Waals surface area contributed by atoms with Gasteiger partial charge in [0.05, 0.1) is 16.7 Å². The molecule has 6 nitrogen and oxygen atoms in total. The molecule has 9 rings (SSSR count). The minimum Gasteiger partial charge on any atom is -0.436 e. The lowest BCUT2D eigenvalue weighted by Crippen LogP contribution is -1.95. The summed E-state index contributed by atoms with van der Waals surface area (Å²) >= 11 is 0. The molecule has 0 spiro atoms. The van der Waals surface area contributed by atoms with Gasteiger partial charge in [0.15, 0.2) is 5.58 Å². The number of pyridine rings is 3. The van der Waals surface area contributed by atoms with Gasteiger partial charge < -0.3 is 8.98 Å². The molecule has 5 aromatic heterocycles. The highest BCUT2D eigenvalue weighted by molar-refractivity contribution is 6.11. The van der Waals surface area contributed by atoms with E-state index in [4.69, 9.17) is 14.4 Å². The number of benzene rings is 4. The molecule has 46 heavy (non-hydrogen) atoms. The van der Waals surface area contributed by atoms with Crippen LogP contribution in [0.25, 0.3) is 83.6 Å². The van der Waals surface area contributed by atoms with E-state index in [1.54, 1.807) is 12.4 Å². The topological polar surface area (TPSA) is 69.6 Å². The van der Waals surface area contributed by atoms with Crippen molar-refractivity contribution in [2.24, 2.45) is 0 Å². The highest BCUT2D eigenvalue weighted by Gasteiger charge is 2.17. The summed E-state index contributed by atoms with van der Waals surface area (Å²) in [6.07, 6.45) is 9.18. The molecule has 5 heterocycles. The molecule has 0 aliphatic heterocycles. The Morgan fingerprint density at radius 3 is 2.04 bits per heavy atom. The monoisotopic (exact) mass is 591 g/mol. The molecule has 6 heteroatoms. The number of hydrogen-bond acceptors (Lipinski definition) is 5. The van der Waals surface area contributed by atoms with Crippen molar-refractivity contribution in [3.8, 4) is 50.7 Å². The second-order valence-electron chi connectivity index (χ2n) is 11.2. The molecule has 0 atom stereocenters. The first-order chi connectivity index (χ1) is 22.8. The predicted octanol–water partition coefficient (Wildman–Crippen LogP) is 9.78. The minimum absolute atomic E-state index is 0.601. The normalized spacial score (nSPS) is 11.5. The van der Waals surface area contributed by atoms with Gasteiger partial charge in [-0.2, -0.15) is 0 Å². The second kappa shape index (κ2) is 10.6. The molecule has 0 fully saturated rings. The molecule has 4 aromatic carbocycles. The van der Waals surface area contributed by atoms with Crippen molar-refractivity contribution in [2.45, 2.75) is 0 Å². The van der Waals surface area contributed by atoms with E-state index in [1.807, 2.05) is 67.1 Å². The van der Waals surface area contributed by atoms with E-state index >= 15 is 0 Å². The first kappa shape index (κ1) is 26.0. The van der Waals surface area contributed by atoms with Crippen molar-refractivity contribution in [3.63, 3.8) is 0 Å². The van der Waals surface area contributed by atoms with Gasteiger partial charge in [-0.05, 0) is 95.6 Å². The summed E-state index contributed by atoms with van der Waals surface area (Å²) in [7, 11) is 0. The van der Waals surface area contributed by atoms with Crippen molar-refractivity contribution in [2.75, 3.05) is 0 Å². The van der Waals surface area contributed by atoms with Gasteiger partial charge in [0.1, 0.15) is 5.52 Å². The number of fused-ring (bicyclic) bond motifs is 4. The molecule has 0 aliphatic carbocycles. The number of nitrogens with zero attached hydrogens (tertiary/aromatic N) is 5. The lowest BCUT2D eigenvalue weighted by atomic mass is 10.0. The quantitative estimate of drug-likeness (QED) is 0.199. The lowest BCUT2D eigenvalue weighted by molar-refractivity contribution is 0.620. The van der Waals surface area contributed by atoms with Crippen LogP contribution < -0.4 is 0 Å². The first-order valence-corrected chi connectivity index (χ1v) is 15.1. The van der Waals surface area contributed by atoms with E-state index in [9.17, 15) is 0 Å². The third kappa shape index (κ3) is 4.43. The van der Waals surface area contributed by atoms with Gasteiger partial charge in [-0.3, -0.25) is 15.0 Å². The lowest BCUT2D eigenvalue weighted by Gasteiger charge is -2.11. The van der Waals surface area contributed by atoms with E-state index < -0.39 is 0 Å². The zero-order chi connectivity index (χ0) is 30.5. The molecule has 9 aromatic rings. The van der Waals surface area contributed by atoms with Gasteiger partial charge in [0, 0.05) is 64.1 Å². The largest absolute Gasteiger partial charge is 0.436 e. The molecule has 0 saturated heterocycles. The Kier molecular flexibility index (Phi) is 6.03. The van der Waals surface area contributed by atoms with Crippen LogP contribution in [-0.2, 0) is 0 Å². The summed E-state index contributed by atoms with van der Waals surface area (Å²) in [5.41, 5.74) is 12.1. The molecule has 0 bridgehead atoms. The number of oxazole rings is 1. The maximum Gasteiger partial charge on any atom is 0.227 e. The molecule has 0 saturated carbocycles. The average Bonchev–Trinajstić information content (AvgIpc) is 3.71. The number of hydrogen-bond donors (Lipinski definition) is 0. The minimum atomic E-state index is 0.601. The highest BCUT2D eigenvalue weighted by Crippen LogP contribution is 2.38. The summed E-state index contributed by atoms with van der Waals surface area (Å²) in [5, 5.41) is 2.31. The van der Waals surface area contributed by atoms with Crippen molar-refractivity contribution in [1.29, 1.82) is 0 Å². The first-order valence-electron chi connectivity index (χ1n) is 15.1. The average molecular weight is 592 g/mol. The van der Waals surface area contributed by atoms with Gasteiger partial charge in [0.2, 0.25) is 5.89 Å². The van der Waals surface area contributed by atoms with Crippen LogP contribution in [0.3, 0.4) is 0 Å². The summed E-state index contributed by atoms with van der Waals surface area (Å²) in [4.78, 5) is 18.0. The number of aromatic nitrogens is 5. The van der Waals surface area contributed by atoms with Crippen LogP contribution in [-0.4, -0.2) is 24.5 Å². The zero-order valence-electron chi connectivity index (χ0n) is 24.6. The second-order valence-corrected chi connectivity index (χ2v) is 11.2. The van der Waals surface area contributed by atoms with Crippen molar-refractivity contribution in [1.82, 2.24) is 24.5 Å². The maximum absolute atomic E-state index is 6.18. The standard InChI is InChI=1S/C40H25N5O/c1-2-7-39-36(6-1)44-40(46-39)30-8-11-33-34-23-28(26-14-18-41-19-15-26)10-13-37(34)45(38(33)24-30)32-5-3-4-29(22-32)35-12-9-31(25-43-35)27-16-20-42-21-17-27/h1-25H. The molecule has 0 N–H and O–H groups in total. The molecular formula is C40H25N5O. The summed E-state index contributed by atoms with van der Waals surface area (Å²) < 4.78 is 8.50. The van der Waals surface area contributed by atoms with E-state index in [0.29, 0.717) is 5.89 Å². The summed E-state index contributed by atoms with van der Waals surface area (Å²) in [6, 6.07) is 41.8. The number of para-hydroxylation sites is 2. The molecular weight excluding hydrogens is 566 g/mol. The third-order valence-electron chi connectivity index (χ3n) is 8.50. The Labute approximate surface area is 264 Å². The van der Waals surface area contributed by atoms with Crippen molar-refractivity contribution >= 4 is 32.9 Å². The van der Waals surface area contributed by atoms with Crippen LogP contribution in [0.4, 0.5) is 0 Å². The van der Waals surface area contributed by atoms with Crippen LogP contribution in [0.2, 0.25) is 0 Å². The summed E-state index contributed by atoms with van der Waals surface area (Å²) in [5.74, 6) is 0.601. The van der Waals surface area contributed by atoms with Gasteiger partial charge in [-0.1, -0.05) is 42.5 Å². The van der Waals surface area contributed by atoms with Gasteiger partial charge >= 0.3 is 0 Å². The Bertz CT molecular complexity index is 2480.